The summed E-state index contributed by atoms with van der Waals surface area (Å²) in [7, 11) is 1.57. The smallest absolute Gasteiger partial charge is 0.257 e. The fourth-order valence-corrected chi connectivity index (χ4v) is 4.43. The molecule has 0 aliphatic carbocycles. The Morgan fingerprint density at radius 1 is 1.19 bits per heavy atom. The van der Waals surface area contributed by atoms with Crippen LogP contribution in [-0.4, -0.2) is 40.6 Å². The third-order valence-corrected chi connectivity index (χ3v) is 6.05. The van der Waals surface area contributed by atoms with Crippen molar-refractivity contribution >= 4 is 28.6 Å². The number of fused-ring (bicyclic) bond motifs is 1. The Bertz CT molecular complexity index is 1200. The Balaban J connectivity index is 1.42. The Morgan fingerprint density at radius 3 is 2.77 bits per heavy atom. The van der Waals surface area contributed by atoms with Gasteiger partial charge in [-0.2, -0.15) is 0 Å². The molecule has 4 aromatic rings. The number of methoxy groups -OCH3 is 1. The first-order valence-electron chi connectivity index (χ1n) is 10.3. The molecule has 7 heteroatoms. The summed E-state index contributed by atoms with van der Waals surface area (Å²) >= 11 is 6.53. The lowest BCUT2D eigenvalue weighted by molar-refractivity contribution is 0.0695. The van der Waals surface area contributed by atoms with Crippen molar-refractivity contribution in [3.63, 3.8) is 0 Å². The molecule has 0 saturated carbocycles. The number of oxazole rings is 1. The van der Waals surface area contributed by atoms with E-state index < -0.39 is 0 Å². The zero-order valence-corrected chi connectivity index (χ0v) is 17.9. The van der Waals surface area contributed by atoms with Crippen LogP contribution >= 0.6 is 11.6 Å². The van der Waals surface area contributed by atoms with Crippen LogP contribution in [0.4, 0.5) is 0 Å². The van der Waals surface area contributed by atoms with Crippen molar-refractivity contribution in [1.82, 2.24) is 14.5 Å². The standard InChI is InChI=1S/C24H22ClN3O3/c1-30-22-14-20(27-10-4-5-11-27)18(25)13-17(22)24(29)28-12-6-7-16(15-28)23-26-19-8-2-3-9-21(19)31-23/h2-5,8-11,13-14,16H,6-7,12,15H2,1H3. The number of rotatable bonds is 4. The highest BCUT2D eigenvalue weighted by atomic mass is 35.5. The largest absolute Gasteiger partial charge is 0.496 e. The van der Waals surface area contributed by atoms with E-state index in [1.54, 1.807) is 19.2 Å². The highest BCUT2D eigenvalue weighted by molar-refractivity contribution is 6.33. The van der Waals surface area contributed by atoms with Gasteiger partial charge in [0.2, 0.25) is 0 Å². The summed E-state index contributed by atoms with van der Waals surface area (Å²) in [6.45, 7) is 1.22. The number of likely N-dealkylation sites (tertiary alicyclic amines) is 1. The van der Waals surface area contributed by atoms with Crippen molar-refractivity contribution in [3.05, 3.63) is 77.4 Å². The molecule has 3 heterocycles. The molecule has 1 saturated heterocycles. The molecule has 31 heavy (non-hydrogen) atoms. The molecule has 0 N–H and O–H groups in total. The number of amides is 1. The second kappa shape index (κ2) is 8.12. The van der Waals surface area contributed by atoms with Gasteiger partial charge in [0.1, 0.15) is 11.3 Å². The van der Waals surface area contributed by atoms with Crippen LogP contribution in [0.2, 0.25) is 5.02 Å². The summed E-state index contributed by atoms with van der Waals surface area (Å²) in [5.74, 6) is 1.15. The predicted octanol–water partition coefficient (Wildman–Crippen LogP) is 5.30. The molecule has 0 bridgehead atoms. The summed E-state index contributed by atoms with van der Waals surface area (Å²) in [6.07, 6.45) is 5.61. The second-order valence-electron chi connectivity index (χ2n) is 7.70. The van der Waals surface area contributed by atoms with Gasteiger partial charge in [-0.3, -0.25) is 4.79 Å². The molecular formula is C24H22ClN3O3. The number of para-hydroxylation sites is 2. The summed E-state index contributed by atoms with van der Waals surface area (Å²) < 4.78 is 13.4. The average molecular weight is 436 g/mol. The number of piperidine rings is 1. The van der Waals surface area contributed by atoms with Gasteiger partial charge in [-0.25, -0.2) is 4.98 Å². The molecule has 5 rings (SSSR count). The van der Waals surface area contributed by atoms with Gasteiger partial charge >= 0.3 is 0 Å². The SMILES string of the molecule is COc1cc(-n2cccc2)c(Cl)cc1C(=O)N1CCCC(c2nc3ccccc3o2)C1. The van der Waals surface area contributed by atoms with Crippen LogP contribution in [0.3, 0.4) is 0 Å². The number of hydrogen-bond donors (Lipinski definition) is 0. The van der Waals surface area contributed by atoms with E-state index in [-0.39, 0.29) is 11.8 Å². The van der Waals surface area contributed by atoms with Gasteiger partial charge in [-0.1, -0.05) is 23.7 Å². The molecule has 2 aromatic heterocycles. The van der Waals surface area contributed by atoms with Crippen LogP contribution in [0, 0.1) is 0 Å². The number of aromatic nitrogens is 2. The van der Waals surface area contributed by atoms with Crippen LogP contribution < -0.4 is 4.74 Å². The maximum atomic E-state index is 13.4. The molecule has 1 amide bonds. The summed E-state index contributed by atoms with van der Waals surface area (Å²) in [4.78, 5) is 19.9. The first-order valence-corrected chi connectivity index (χ1v) is 10.7. The number of benzene rings is 2. The molecule has 2 aromatic carbocycles. The van der Waals surface area contributed by atoms with E-state index in [9.17, 15) is 4.79 Å². The minimum atomic E-state index is -0.0985. The molecule has 158 valence electrons. The molecule has 6 nitrogen and oxygen atoms in total. The second-order valence-corrected chi connectivity index (χ2v) is 8.11. The van der Waals surface area contributed by atoms with E-state index in [0.717, 1.165) is 29.6 Å². The van der Waals surface area contributed by atoms with Gasteiger partial charge in [0.05, 0.1) is 29.3 Å². The lowest BCUT2D eigenvalue weighted by Gasteiger charge is -2.31. The number of carbonyl (C=O) groups is 1. The number of ether oxygens (including phenoxy) is 1. The van der Waals surface area contributed by atoms with E-state index >= 15 is 0 Å². The highest BCUT2D eigenvalue weighted by Gasteiger charge is 2.30. The van der Waals surface area contributed by atoms with Crippen molar-refractivity contribution < 1.29 is 13.9 Å². The van der Waals surface area contributed by atoms with Gasteiger partial charge in [0, 0.05) is 31.5 Å². The maximum Gasteiger partial charge on any atom is 0.257 e. The number of carbonyl (C=O) groups excluding carboxylic acids is 1. The predicted molar refractivity (Wildman–Crippen MR) is 119 cm³/mol. The molecular weight excluding hydrogens is 414 g/mol. The van der Waals surface area contributed by atoms with Crippen LogP contribution in [0.1, 0.15) is 35.0 Å². The molecule has 1 atom stereocenters. The Kier molecular flexibility index (Phi) is 5.16. The molecule has 1 aliphatic rings. The van der Waals surface area contributed by atoms with E-state index in [4.69, 9.17) is 20.8 Å². The van der Waals surface area contributed by atoms with Crippen molar-refractivity contribution in [2.45, 2.75) is 18.8 Å². The summed E-state index contributed by atoms with van der Waals surface area (Å²) in [6, 6.07) is 15.1. The van der Waals surface area contributed by atoms with Crippen molar-refractivity contribution in [1.29, 1.82) is 0 Å². The maximum absolute atomic E-state index is 13.4. The topological polar surface area (TPSA) is 60.5 Å². The highest BCUT2D eigenvalue weighted by Crippen LogP contribution is 2.33. The minimum absolute atomic E-state index is 0.0608. The van der Waals surface area contributed by atoms with Crippen LogP contribution in [0.25, 0.3) is 16.8 Å². The Labute approximate surface area is 185 Å². The van der Waals surface area contributed by atoms with Gasteiger partial charge in [-0.05, 0) is 43.2 Å². The zero-order valence-electron chi connectivity index (χ0n) is 17.1. The Morgan fingerprint density at radius 2 is 2.00 bits per heavy atom. The number of nitrogens with zero attached hydrogens (tertiary/aromatic N) is 3. The first kappa shape index (κ1) is 19.7. The zero-order chi connectivity index (χ0) is 21.4. The van der Waals surface area contributed by atoms with Crippen LogP contribution in [0.5, 0.6) is 5.75 Å². The molecule has 0 spiro atoms. The number of hydrogen-bond acceptors (Lipinski definition) is 4. The van der Waals surface area contributed by atoms with Gasteiger partial charge in [0.25, 0.3) is 5.91 Å². The monoisotopic (exact) mass is 435 g/mol. The summed E-state index contributed by atoms with van der Waals surface area (Å²) in [5, 5.41) is 0.493. The minimum Gasteiger partial charge on any atom is -0.496 e. The Hall–Kier alpha value is -3.25. The van der Waals surface area contributed by atoms with Crippen molar-refractivity contribution in [2.75, 3.05) is 20.2 Å². The third kappa shape index (κ3) is 3.68. The van der Waals surface area contributed by atoms with Crippen molar-refractivity contribution in [3.8, 4) is 11.4 Å². The molecule has 1 aliphatic heterocycles. The van der Waals surface area contributed by atoms with E-state index in [0.29, 0.717) is 35.3 Å². The van der Waals surface area contributed by atoms with Crippen molar-refractivity contribution in [2.24, 2.45) is 0 Å². The normalized spacial score (nSPS) is 16.6. The van der Waals surface area contributed by atoms with Crippen LogP contribution in [0.15, 0.2) is 65.3 Å². The van der Waals surface area contributed by atoms with Gasteiger partial charge in [0.15, 0.2) is 11.5 Å². The fourth-order valence-electron chi connectivity index (χ4n) is 4.17. The fraction of sp³-hybridized carbons (Fsp3) is 0.250. The van der Waals surface area contributed by atoms with Crippen LogP contribution in [-0.2, 0) is 0 Å². The van der Waals surface area contributed by atoms with E-state index in [2.05, 4.69) is 4.98 Å². The average Bonchev–Trinajstić information content (AvgIpc) is 3.48. The molecule has 1 unspecified atom stereocenters. The van der Waals surface area contributed by atoms with Gasteiger partial charge < -0.3 is 18.6 Å². The lowest BCUT2D eigenvalue weighted by Crippen LogP contribution is -2.39. The lowest BCUT2D eigenvalue weighted by atomic mass is 9.97. The van der Waals surface area contributed by atoms with E-state index in [1.807, 2.05) is 58.3 Å². The number of halogens is 1. The first-order chi connectivity index (χ1) is 15.1. The van der Waals surface area contributed by atoms with Gasteiger partial charge in [-0.15, -0.1) is 0 Å². The summed E-state index contributed by atoms with van der Waals surface area (Å²) in [5.41, 5.74) is 2.84. The molecule has 0 radical (unpaired) electrons. The quantitative estimate of drug-likeness (QED) is 0.436. The van der Waals surface area contributed by atoms with E-state index in [1.165, 1.54) is 0 Å². The molecule has 1 fully saturated rings. The third-order valence-electron chi connectivity index (χ3n) is 5.75.